The van der Waals surface area contributed by atoms with Crippen molar-refractivity contribution in [2.45, 2.75) is 5.92 Å². The zero-order valence-corrected chi connectivity index (χ0v) is 13.5. The zero-order valence-electron chi connectivity index (χ0n) is 13.5. The van der Waals surface area contributed by atoms with Crippen LogP contribution in [0.5, 0.6) is 0 Å². The van der Waals surface area contributed by atoms with Gasteiger partial charge in [0.2, 0.25) is 0 Å². The predicted octanol–water partition coefficient (Wildman–Crippen LogP) is 3.02. The van der Waals surface area contributed by atoms with Crippen LogP contribution < -0.4 is 4.90 Å². The van der Waals surface area contributed by atoms with E-state index in [1.54, 1.807) is 18.6 Å². The van der Waals surface area contributed by atoms with Gasteiger partial charge < -0.3 is 4.90 Å². The van der Waals surface area contributed by atoms with E-state index in [1.165, 1.54) is 5.39 Å². The number of hydrogen-bond acceptors (Lipinski definition) is 5. The summed E-state index contributed by atoms with van der Waals surface area (Å²) in [6, 6.07) is 12.4. The van der Waals surface area contributed by atoms with Gasteiger partial charge in [0.15, 0.2) is 0 Å². The topological polar surface area (TPSA) is 70.6 Å². The number of benzene rings is 1. The number of aromatic amines is 1. The first kappa shape index (κ1) is 14.1. The summed E-state index contributed by atoms with van der Waals surface area (Å²) in [5, 5.41) is 8.03. The average molecular weight is 328 g/mol. The van der Waals surface area contributed by atoms with Gasteiger partial charge in [-0.25, -0.2) is 4.98 Å². The van der Waals surface area contributed by atoms with E-state index >= 15 is 0 Å². The van der Waals surface area contributed by atoms with Crippen LogP contribution in [0.4, 0.5) is 5.82 Å². The molecule has 1 saturated heterocycles. The summed E-state index contributed by atoms with van der Waals surface area (Å²) in [6.45, 7) is 1.80. The van der Waals surface area contributed by atoms with Crippen LogP contribution in [0.1, 0.15) is 11.6 Å². The van der Waals surface area contributed by atoms with E-state index in [2.05, 4.69) is 49.3 Å². The Morgan fingerprint density at radius 1 is 1.00 bits per heavy atom. The van der Waals surface area contributed by atoms with Gasteiger partial charge >= 0.3 is 0 Å². The van der Waals surface area contributed by atoms with Gasteiger partial charge in [0.1, 0.15) is 5.82 Å². The lowest BCUT2D eigenvalue weighted by Gasteiger charge is -2.40. The van der Waals surface area contributed by atoms with Crippen LogP contribution in [0.25, 0.3) is 22.2 Å². The third-order valence-corrected chi connectivity index (χ3v) is 4.67. The second-order valence-electron chi connectivity index (χ2n) is 6.24. The molecular formula is C19H16N6. The summed E-state index contributed by atoms with van der Waals surface area (Å²) in [5.74, 6) is 1.37. The molecule has 0 radical (unpaired) electrons. The van der Waals surface area contributed by atoms with Crippen LogP contribution >= 0.6 is 0 Å². The van der Waals surface area contributed by atoms with Crippen molar-refractivity contribution in [3.63, 3.8) is 0 Å². The van der Waals surface area contributed by atoms with E-state index in [9.17, 15) is 0 Å². The molecule has 0 unspecified atom stereocenters. The number of para-hydroxylation sites is 1. The molecule has 5 rings (SSSR count). The van der Waals surface area contributed by atoms with Gasteiger partial charge in [-0.2, -0.15) is 5.10 Å². The summed E-state index contributed by atoms with van der Waals surface area (Å²) < 4.78 is 0. The Balaban J connectivity index is 1.40. The van der Waals surface area contributed by atoms with Crippen molar-refractivity contribution in [1.29, 1.82) is 0 Å². The van der Waals surface area contributed by atoms with E-state index in [4.69, 9.17) is 4.98 Å². The molecule has 0 spiro atoms. The largest absolute Gasteiger partial charge is 0.355 e. The van der Waals surface area contributed by atoms with E-state index < -0.39 is 0 Å². The fourth-order valence-corrected chi connectivity index (χ4v) is 3.32. The van der Waals surface area contributed by atoms with Crippen molar-refractivity contribution < 1.29 is 0 Å². The molecule has 0 aliphatic carbocycles. The Labute approximate surface area is 144 Å². The maximum absolute atomic E-state index is 4.77. The molecule has 1 aliphatic rings. The number of aromatic nitrogens is 5. The molecule has 122 valence electrons. The summed E-state index contributed by atoms with van der Waals surface area (Å²) in [6.07, 6.45) is 7.13. The minimum absolute atomic E-state index is 0.354. The third kappa shape index (κ3) is 2.42. The molecule has 4 aromatic rings. The molecule has 1 fully saturated rings. The highest BCUT2D eigenvalue weighted by molar-refractivity contribution is 5.80. The Bertz CT molecular complexity index is 1020. The quantitative estimate of drug-likeness (QED) is 0.626. The van der Waals surface area contributed by atoms with E-state index in [-0.39, 0.29) is 0 Å². The monoisotopic (exact) mass is 328 g/mol. The molecule has 0 saturated carbocycles. The molecule has 6 heteroatoms. The number of rotatable bonds is 3. The Hall–Kier alpha value is -3.28. The normalized spacial score (nSPS) is 14.6. The fraction of sp³-hybridized carbons (Fsp3) is 0.158. The highest BCUT2D eigenvalue weighted by atomic mass is 15.2. The standard InChI is InChI=1S/C19H16N6/c1-2-4-16-13(3-1)5-6-17(24-16)25-11-15(12-25)19-18(20-7-8-21-19)14-9-22-23-10-14/h1-10,15H,11-12H2,(H,22,23). The summed E-state index contributed by atoms with van der Waals surface area (Å²) in [5.41, 5.74) is 3.95. The van der Waals surface area contributed by atoms with E-state index in [0.29, 0.717) is 5.92 Å². The Morgan fingerprint density at radius 3 is 2.76 bits per heavy atom. The van der Waals surface area contributed by atoms with Crippen molar-refractivity contribution >= 4 is 16.7 Å². The van der Waals surface area contributed by atoms with Gasteiger partial charge in [-0.3, -0.25) is 15.1 Å². The third-order valence-electron chi connectivity index (χ3n) is 4.67. The molecule has 0 bridgehead atoms. The lowest BCUT2D eigenvalue weighted by molar-refractivity contribution is 0.509. The Morgan fingerprint density at radius 2 is 1.88 bits per heavy atom. The van der Waals surface area contributed by atoms with Crippen molar-refractivity contribution in [3.05, 3.63) is 66.9 Å². The van der Waals surface area contributed by atoms with Crippen LogP contribution in [-0.2, 0) is 0 Å². The fourth-order valence-electron chi connectivity index (χ4n) is 3.32. The van der Waals surface area contributed by atoms with Gasteiger partial charge in [0.05, 0.1) is 23.1 Å². The number of nitrogens with zero attached hydrogens (tertiary/aromatic N) is 5. The van der Waals surface area contributed by atoms with Crippen LogP contribution in [0, 0.1) is 0 Å². The van der Waals surface area contributed by atoms with Crippen molar-refractivity contribution in [1.82, 2.24) is 25.1 Å². The highest BCUT2D eigenvalue weighted by Crippen LogP contribution is 2.34. The van der Waals surface area contributed by atoms with Gasteiger partial charge in [0, 0.05) is 48.5 Å². The summed E-state index contributed by atoms with van der Waals surface area (Å²) in [7, 11) is 0. The van der Waals surface area contributed by atoms with Crippen molar-refractivity contribution in [3.8, 4) is 11.3 Å². The zero-order chi connectivity index (χ0) is 16.6. The second kappa shape index (κ2) is 5.66. The number of hydrogen-bond donors (Lipinski definition) is 1. The summed E-state index contributed by atoms with van der Waals surface area (Å²) >= 11 is 0. The smallest absolute Gasteiger partial charge is 0.129 e. The maximum atomic E-state index is 4.77. The molecule has 1 aliphatic heterocycles. The number of nitrogens with one attached hydrogen (secondary N) is 1. The second-order valence-corrected chi connectivity index (χ2v) is 6.24. The summed E-state index contributed by atoms with van der Waals surface area (Å²) in [4.78, 5) is 16.1. The van der Waals surface area contributed by atoms with Crippen LogP contribution in [0.3, 0.4) is 0 Å². The minimum Gasteiger partial charge on any atom is -0.355 e. The molecular weight excluding hydrogens is 312 g/mol. The van der Waals surface area contributed by atoms with Crippen molar-refractivity contribution in [2.24, 2.45) is 0 Å². The minimum atomic E-state index is 0.354. The SMILES string of the molecule is c1ccc2nc(N3CC(c4nccnc4-c4cn[nH]c4)C3)ccc2c1. The highest BCUT2D eigenvalue weighted by Gasteiger charge is 2.32. The number of fused-ring (bicyclic) bond motifs is 1. The first-order valence-electron chi connectivity index (χ1n) is 8.29. The van der Waals surface area contributed by atoms with Crippen molar-refractivity contribution in [2.75, 3.05) is 18.0 Å². The lowest BCUT2D eigenvalue weighted by Crippen LogP contribution is -2.46. The molecule has 0 atom stereocenters. The molecule has 0 amide bonds. The van der Waals surface area contributed by atoms with Gasteiger partial charge in [-0.1, -0.05) is 18.2 Å². The van der Waals surface area contributed by atoms with Crippen LogP contribution in [0.15, 0.2) is 61.2 Å². The molecule has 4 heterocycles. The average Bonchev–Trinajstić information content (AvgIpc) is 3.15. The molecule has 3 aromatic heterocycles. The number of pyridine rings is 1. The number of H-pyrrole nitrogens is 1. The lowest BCUT2D eigenvalue weighted by atomic mass is 9.93. The molecule has 6 nitrogen and oxygen atoms in total. The van der Waals surface area contributed by atoms with Crippen LogP contribution in [0.2, 0.25) is 0 Å². The van der Waals surface area contributed by atoms with Gasteiger partial charge in [0.25, 0.3) is 0 Å². The molecule has 1 aromatic carbocycles. The predicted molar refractivity (Wildman–Crippen MR) is 96.3 cm³/mol. The molecule has 1 N–H and O–H groups in total. The first-order chi connectivity index (χ1) is 12.4. The Kier molecular flexibility index (Phi) is 3.19. The van der Waals surface area contributed by atoms with E-state index in [1.807, 2.05) is 18.3 Å². The molecule has 25 heavy (non-hydrogen) atoms. The number of anilines is 1. The van der Waals surface area contributed by atoms with Gasteiger partial charge in [-0.05, 0) is 18.2 Å². The van der Waals surface area contributed by atoms with Crippen LogP contribution in [-0.4, -0.2) is 38.2 Å². The van der Waals surface area contributed by atoms with Gasteiger partial charge in [-0.15, -0.1) is 0 Å². The first-order valence-corrected chi connectivity index (χ1v) is 8.29. The van der Waals surface area contributed by atoms with E-state index in [0.717, 1.165) is 41.4 Å². The maximum Gasteiger partial charge on any atom is 0.129 e.